The Bertz CT molecular complexity index is 1110. The largest absolute Gasteiger partial charge is 0.451 e. The van der Waals surface area contributed by atoms with Gasteiger partial charge in [0.05, 0.1) is 19.2 Å². The molecule has 1 aliphatic rings. The van der Waals surface area contributed by atoms with Crippen molar-refractivity contribution in [1.29, 1.82) is 0 Å². The molecule has 1 saturated carbocycles. The summed E-state index contributed by atoms with van der Waals surface area (Å²) in [6.07, 6.45) is -5.14. The second-order valence-corrected chi connectivity index (χ2v) is 7.58. The topological polar surface area (TPSA) is 98.7 Å². The standard InChI is InChI=1S/C19H17F5N6O2/c1-30-28-15(27-29-30)11-4-2-10(3-5-11)14(12-6-7-18(20,21)8-12)16(31)26-17-25-9-13(32-17)19(22,23)24/h2-5,9,12,14H,6-8H2,1H3,(H,25,26,31)/t12-,14+/m0/s1. The first-order valence-corrected chi connectivity index (χ1v) is 9.58. The Morgan fingerprint density at radius 2 is 2.00 bits per heavy atom. The van der Waals surface area contributed by atoms with Crippen molar-refractivity contribution in [1.82, 2.24) is 25.2 Å². The number of carbonyl (C=O) groups excluding carboxylic acids is 1. The summed E-state index contributed by atoms with van der Waals surface area (Å²) in [5.74, 6) is -6.51. The maximum atomic E-state index is 13.9. The molecular weight excluding hydrogens is 439 g/mol. The molecule has 0 bridgehead atoms. The van der Waals surface area contributed by atoms with Crippen molar-refractivity contribution in [2.75, 3.05) is 5.32 Å². The second-order valence-electron chi connectivity index (χ2n) is 7.58. The molecule has 1 amide bonds. The van der Waals surface area contributed by atoms with E-state index in [2.05, 4.69) is 30.1 Å². The Morgan fingerprint density at radius 1 is 1.28 bits per heavy atom. The SMILES string of the molecule is Cn1nnc(-c2ccc([C@@H](C(=O)Nc3ncc(C(F)(F)F)o3)[C@H]3CCC(F)(F)C3)cc2)n1. The fourth-order valence-corrected chi connectivity index (χ4v) is 3.79. The third kappa shape index (κ3) is 4.60. The van der Waals surface area contributed by atoms with Crippen molar-refractivity contribution in [3.8, 4) is 11.4 Å². The maximum Gasteiger partial charge on any atom is 0.451 e. The molecule has 3 aromatic rings. The monoisotopic (exact) mass is 456 g/mol. The maximum absolute atomic E-state index is 13.9. The van der Waals surface area contributed by atoms with Crippen LogP contribution in [-0.2, 0) is 18.0 Å². The highest BCUT2D eigenvalue weighted by Gasteiger charge is 2.45. The molecular formula is C19H17F5N6O2. The first kappa shape index (κ1) is 21.8. The summed E-state index contributed by atoms with van der Waals surface area (Å²) in [7, 11) is 1.60. The first-order valence-electron chi connectivity index (χ1n) is 9.58. The van der Waals surface area contributed by atoms with E-state index in [4.69, 9.17) is 0 Å². The summed E-state index contributed by atoms with van der Waals surface area (Å²) in [5, 5.41) is 13.9. The number of hydrogen-bond acceptors (Lipinski definition) is 6. The van der Waals surface area contributed by atoms with E-state index in [0.717, 1.165) is 0 Å². The molecule has 170 valence electrons. The van der Waals surface area contributed by atoms with Gasteiger partial charge in [0.1, 0.15) is 0 Å². The molecule has 0 saturated heterocycles. The van der Waals surface area contributed by atoms with Gasteiger partial charge in [0.2, 0.25) is 23.4 Å². The number of hydrogen-bond donors (Lipinski definition) is 1. The summed E-state index contributed by atoms with van der Waals surface area (Å²) < 4.78 is 70.5. The van der Waals surface area contributed by atoms with Crippen LogP contribution in [0.25, 0.3) is 11.4 Å². The Balaban J connectivity index is 1.60. The van der Waals surface area contributed by atoms with E-state index < -0.39 is 48.0 Å². The van der Waals surface area contributed by atoms with Crippen LogP contribution in [-0.4, -0.2) is 37.0 Å². The van der Waals surface area contributed by atoms with Gasteiger partial charge in [-0.05, 0) is 23.1 Å². The Hall–Kier alpha value is -3.38. The molecule has 1 fully saturated rings. The Kier molecular flexibility index (Phi) is 5.42. The minimum Gasteiger partial charge on any atom is -0.419 e. The van der Waals surface area contributed by atoms with E-state index >= 15 is 0 Å². The van der Waals surface area contributed by atoms with E-state index in [1.165, 1.54) is 4.80 Å². The summed E-state index contributed by atoms with van der Waals surface area (Å²) in [6, 6.07) is 5.73. The van der Waals surface area contributed by atoms with Gasteiger partial charge in [-0.15, -0.1) is 10.2 Å². The average molecular weight is 456 g/mol. The number of anilines is 1. The number of nitrogens with zero attached hydrogens (tertiary/aromatic N) is 5. The highest BCUT2D eigenvalue weighted by atomic mass is 19.4. The van der Waals surface area contributed by atoms with Crippen LogP contribution >= 0.6 is 0 Å². The number of carbonyl (C=O) groups is 1. The van der Waals surface area contributed by atoms with Crippen molar-refractivity contribution < 1.29 is 31.2 Å². The van der Waals surface area contributed by atoms with Gasteiger partial charge in [0.15, 0.2) is 0 Å². The van der Waals surface area contributed by atoms with Gasteiger partial charge >= 0.3 is 12.2 Å². The molecule has 4 rings (SSSR count). The summed E-state index contributed by atoms with van der Waals surface area (Å²) >= 11 is 0. The zero-order chi connectivity index (χ0) is 23.1. The smallest absolute Gasteiger partial charge is 0.419 e. The lowest BCUT2D eigenvalue weighted by Gasteiger charge is -2.23. The summed E-state index contributed by atoms with van der Waals surface area (Å²) in [5.41, 5.74) is 1.01. The van der Waals surface area contributed by atoms with Crippen molar-refractivity contribution in [2.24, 2.45) is 13.0 Å². The van der Waals surface area contributed by atoms with Gasteiger partial charge in [-0.2, -0.15) is 18.0 Å². The predicted octanol–water partition coefficient (Wildman–Crippen LogP) is 4.04. The lowest BCUT2D eigenvalue weighted by atomic mass is 9.83. The minimum absolute atomic E-state index is 0.0813. The molecule has 0 spiro atoms. The molecule has 1 N–H and O–H groups in total. The molecule has 2 atom stereocenters. The molecule has 1 aromatic carbocycles. The van der Waals surface area contributed by atoms with Gasteiger partial charge in [-0.1, -0.05) is 24.3 Å². The number of nitrogens with one attached hydrogen (secondary N) is 1. The number of aryl methyl sites for hydroxylation is 1. The number of amides is 1. The molecule has 0 radical (unpaired) electrons. The van der Waals surface area contributed by atoms with Crippen LogP contribution in [0.4, 0.5) is 28.0 Å². The van der Waals surface area contributed by atoms with Crippen molar-refractivity contribution >= 4 is 11.9 Å². The fraction of sp³-hybridized carbons (Fsp3) is 0.421. The number of benzene rings is 1. The lowest BCUT2D eigenvalue weighted by molar-refractivity contribution is -0.152. The number of rotatable bonds is 5. The molecule has 32 heavy (non-hydrogen) atoms. The summed E-state index contributed by atoms with van der Waals surface area (Å²) in [6.45, 7) is 0. The van der Waals surface area contributed by atoms with Crippen molar-refractivity contribution in [3.05, 3.63) is 41.8 Å². The first-order chi connectivity index (χ1) is 15.0. The molecule has 13 heteroatoms. The van der Waals surface area contributed by atoms with E-state index in [0.29, 0.717) is 23.1 Å². The van der Waals surface area contributed by atoms with Crippen LogP contribution in [0.15, 0.2) is 34.9 Å². The highest BCUT2D eigenvalue weighted by Crippen LogP contribution is 2.46. The van der Waals surface area contributed by atoms with Crippen LogP contribution in [0, 0.1) is 5.92 Å². The van der Waals surface area contributed by atoms with Crippen molar-refractivity contribution in [3.63, 3.8) is 0 Å². The predicted molar refractivity (Wildman–Crippen MR) is 99.4 cm³/mol. The zero-order valence-electron chi connectivity index (χ0n) is 16.6. The minimum atomic E-state index is -4.77. The normalized spacial score (nSPS) is 19.1. The number of aromatic nitrogens is 5. The number of tetrazole rings is 1. The second kappa shape index (κ2) is 7.95. The molecule has 2 heterocycles. The highest BCUT2D eigenvalue weighted by molar-refractivity contribution is 5.94. The van der Waals surface area contributed by atoms with E-state index in [9.17, 15) is 26.7 Å². The third-order valence-electron chi connectivity index (χ3n) is 5.25. The Labute approximate surface area is 177 Å². The zero-order valence-corrected chi connectivity index (χ0v) is 16.6. The van der Waals surface area contributed by atoms with Crippen LogP contribution in [0.5, 0.6) is 0 Å². The number of oxazole rings is 1. The average Bonchev–Trinajstić information content (AvgIpc) is 3.43. The van der Waals surface area contributed by atoms with Crippen LogP contribution in [0.3, 0.4) is 0 Å². The van der Waals surface area contributed by atoms with Gasteiger partial charge < -0.3 is 4.42 Å². The molecule has 0 aliphatic heterocycles. The molecule has 2 aromatic heterocycles. The van der Waals surface area contributed by atoms with E-state index in [1.807, 2.05) is 0 Å². The molecule has 1 aliphatic carbocycles. The van der Waals surface area contributed by atoms with Gasteiger partial charge in [-0.25, -0.2) is 13.8 Å². The quantitative estimate of drug-likeness (QED) is 0.582. The molecule has 8 nitrogen and oxygen atoms in total. The van der Waals surface area contributed by atoms with Gasteiger partial charge in [0.25, 0.3) is 0 Å². The third-order valence-corrected chi connectivity index (χ3v) is 5.25. The number of halogens is 5. The number of alkyl halides is 5. The fourth-order valence-electron chi connectivity index (χ4n) is 3.79. The summed E-state index contributed by atoms with van der Waals surface area (Å²) in [4.78, 5) is 17.6. The lowest BCUT2D eigenvalue weighted by Crippen LogP contribution is -2.27. The van der Waals surface area contributed by atoms with Crippen LogP contribution in [0.1, 0.15) is 36.5 Å². The molecule has 0 unspecified atom stereocenters. The van der Waals surface area contributed by atoms with Gasteiger partial charge in [0, 0.05) is 18.4 Å². The van der Waals surface area contributed by atoms with E-state index in [-0.39, 0.29) is 12.8 Å². The van der Waals surface area contributed by atoms with Crippen molar-refractivity contribution in [2.45, 2.75) is 37.3 Å². The van der Waals surface area contributed by atoms with Crippen LogP contribution < -0.4 is 5.32 Å². The Morgan fingerprint density at radius 3 is 2.53 bits per heavy atom. The van der Waals surface area contributed by atoms with Crippen LogP contribution in [0.2, 0.25) is 0 Å². The van der Waals surface area contributed by atoms with Gasteiger partial charge in [-0.3, -0.25) is 10.1 Å². The van der Waals surface area contributed by atoms with E-state index in [1.54, 1.807) is 31.3 Å².